The fourth-order valence-corrected chi connectivity index (χ4v) is 3.66. The summed E-state index contributed by atoms with van der Waals surface area (Å²) in [7, 11) is 0. The van der Waals surface area contributed by atoms with Crippen LogP contribution in [0, 0.1) is 0 Å². The number of rotatable bonds is 12. The Morgan fingerprint density at radius 3 is 1.27 bits per heavy atom. The summed E-state index contributed by atoms with van der Waals surface area (Å²) in [6, 6.07) is 17.6. The minimum absolute atomic E-state index is 0.170. The molecule has 0 aliphatic rings. The molecule has 41 heavy (non-hydrogen) atoms. The highest BCUT2D eigenvalue weighted by Gasteiger charge is 2.24. The predicted molar refractivity (Wildman–Crippen MR) is 153 cm³/mol. The lowest BCUT2D eigenvalue weighted by Gasteiger charge is -2.24. The molecular formula is C31H42N2O8. The first-order valence-electron chi connectivity index (χ1n) is 13.6. The lowest BCUT2D eigenvalue weighted by molar-refractivity contribution is -0.155. The Morgan fingerprint density at radius 1 is 0.610 bits per heavy atom. The number of hydrogen-bond donors (Lipinski definition) is 2. The summed E-state index contributed by atoms with van der Waals surface area (Å²) in [4.78, 5) is 49.5. The highest BCUT2D eigenvalue weighted by atomic mass is 16.6. The Kier molecular flexibility index (Phi) is 12.6. The van der Waals surface area contributed by atoms with Gasteiger partial charge in [0.2, 0.25) is 0 Å². The summed E-state index contributed by atoms with van der Waals surface area (Å²) in [5.74, 6) is -1.61. The monoisotopic (exact) mass is 570 g/mol. The Bertz CT molecular complexity index is 1030. The van der Waals surface area contributed by atoms with Crippen molar-refractivity contribution in [2.45, 2.75) is 84.1 Å². The molecule has 0 heterocycles. The van der Waals surface area contributed by atoms with E-state index in [-0.39, 0.29) is 13.2 Å². The molecule has 0 bridgehead atoms. The van der Waals surface area contributed by atoms with Gasteiger partial charge in [0.1, 0.15) is 30.8 Å². The van der Waals surface area contributed by atoms with Gasteiger partial charge in [-0.1, -0.05) is 60.7 Å². The molecule has 0 saturated carbocycles. The van der Waals surface area contributed by atoms with Crippen LogP contribution in [-0.2, 0) is 41.4 Å². The normalized spacial score (nSPS) is 12.8. The highest BCUT2D eigenvalue weighted by Crippen LogP contribution is 2.11. The van der Waals surface area contributed by atoms with E-state index >= 15 is 0 Å². The van der Waals surface area contributed by atoms with Gasteiger partial charge in [0.15, 0.2) is 0 Å². The van der Waals surface area contributed by atoms with Crippen LogP contribution < -0.4 is 10.6 Å². The average molecular weight is 571 g/mol. The largest absolute Gasteiger partial charge is 0.463 e. The number of esters is 2. The molecule has 0 fully saturated rings. The average Bonchev–Trinajstić information content (AvgIpc) is 2.85. The summed E-state index contributed by atoms with van der Waals surface area (Å²) in [5, 5.41) is 5.44. The fourth-order valence-electron chi connectivity index (χ4n) is 3.66. The minimum Gasteiger partial charge on any atom is -0.463 e. The lowest BCUT2D eigenvalue weighted by Crippen LogP contribution is -2.43. The van der Waals surface area contributed by atoms with Crippen LogP contribution in [0.3, 0.4) is 0 Å². The van der Waals surface area contributed by atoms with Crippen molar-refractivity contribution >= 4 is 24.1 Å². The second-order valence-corrected chi connectivity index (χ2v) is 11.6. The van der Waals surface area contributed by atoms with Gasteiger partial charge in [0, 0.05) is 0 Å². The number of nitrogens with one attached hydrogen (secondary N) is 2. The molecular weight excluding hydrogens is 528 g/mol. The van der Waals surface area contributed by atoms with Crippen molar-refractivity contribution in [2.75, 3.05) is 13.2 Å². The smallest absolute Gasteiger partial charge is 0.408 e. The van der Waals surface area contributed by atoms with Crippen LogP contribution in [0.15, 0.2) is 60.7 Å². The number of carbonyl (C=O) groups is 4. The van der Waals surface area contributed by atoms with Gasteiger partial charge in [0.05, 0.1) is 12.1 Å². The van der Waals surface area contributed by atoms with Gasteiger partial charge < -0.3 is 29.6 Å². The van der Waals surface area contributed by atoms with E-state index in [1.807, 2.05) is 60.7 Å². The summed E-state index contributed by atoms with van der Waals surface area (Å²) < 4.78 is 21.2. The Hall–Kier alpha value is -4.08. The number of carbonyl (C=O) groups excluding carboxylic acids is 4. The molecule has 10 nitrogen and oxygen atoms in total. The molecule has 0 spiro atoms. The fraction of sp³-hybridized carbons (Fsp3) is 0.484. The van der Waals surface area contributed by atoms with E-state index in [0.717, 1.165) is 11.1 Å². The molecule has 0 saturated heterocycles. The molecule has 224 valence electrons. The van der Waals surface area contributed by atoms with E-state index in [4.69, 9.17) is 18.9 Å². The van der Waals surface area contributed by atoms with Crippen LogP contribution in [0.2, 0.25) is 0 Å². The molecule has 2 rings (SSSR count). The van der Waals surface area contributed by atoms with Crippen LogP contribution in [-0.4, -0.2) is 60.6 Å². The molecule has 0 aliphatic heterocycles. The second-order valence-electron chi connectivity index (χ2n) is 11.6. The van der Waals surface area contributed by atoms with Gasteiger partial charge in [-0.3, -0.25) is 9.59 Å². The molecule has 2 amide bonds. The van der Waals surface area contributed by atoms with Crippen molar-refractivity contribution in [1.29, 1.82) is 0 Å². The molecule has 0 aromatic heterocycles. The number of alkyl carbamates (subject to hydrolysis) is 2. The standard InChI is InChI=1S/C31H42N2O8/c1-30(2,3)40-28(36)32-24(17-22-13-9-7-10-14-22)20-38-26(34)19-27(35)39-21-25(18-23-15-11-8-12-16-23)33-29(37)41-31(4,5)6/h7-16,24-25H,17-21H2,1-6H3,(H,32,36)(H,33,37). The summed E-state index contributed by atoms with van der Waals surface area (Å²) in [6.45, 7) is 10.1. The van der Waals surface area contributed by atoms with Gasteiger partial charge in [0.25, 0.3) is 0 Å². The summed E-state index contributed by atoms with van der Waals surface area (Å²) >= 11 is 0. The van der Waals surface area contributed by atoms with Crippen molar-refractivity contribution in [3.8, 4) is 0 Å². The van der Waals surface area contributed by atoms with Crippen molar-refractivity contribution in [2.24, 2.45) is 0 Å². The first-order valence-corrected chi connectivity index (χ1v) is 13.6. The molecule has 2 N–H and O–H groups in total. The number of benzene rings is 2. The van der Waals surface area contributed by atoms with Crippen molar-refractivity contribution in [3.05, 3.63) is 71.8 Å². The van der Waals surface area contributed by atoms with Crippen LogP contribution in [0.1, 0.15) is 59.1 Å². The van der Waals surface area contributed by atoms with Crippen molar-refractivity contribution in [1.82, 2.24) is 10.6 Å². The van der Waals surface area contributed by atoms with Crippen molar-refractivity contribution < 1.29 is 38.1 Å². The molecule has 2 aromatic rings. The second kappa shape index (κ2) is 15.6. The maximum Gasteiger partial charge on any atom is 0.408 e. The van der Waals surface area contributed by atoms with E-state index in [9.17, 15) is 19.2 Å². The van der Waals surface area contributed by atoms with E-state index in [2.05, 4.69) is 10.6 Å². The van der Waals surface area contributed by atoms with Gasteiger partial charge in [-0.25, -0.2) is 9.59 Å². The van der Waals surface area contributed by atoms with E-state index in [0.29, 0.717) is 12.8 Å². The topological polar surface area (TPSA) is 129 Å². The van der Waals surface area contributed by atoms with Gasteiger partial charge in [-0.2, -0.15) is 0 Å². The van der Waals surface area contributed by atoms with Crippen LogP contribution in [0.25, 0.3) is 0 Å². The third-order valence-electron chi connectivity index (χ3n) is 5.27. The summed E-state index contributed by atoms with van der Waals surface area (Å²) in [6.07, 6.45) is -1.15. The molecule has 2 aromatic carbocycles. The Labute approximate surface area is 242 Å². The lowest BCUT2D eigenvalue weighted by atomic mass is 10.1. The number of ether oxygens (including phenoxy) is 4. The maximum absolute atomic E-state index is 12.4. The Morgan fingerprint density at radius 2 is 0.951 bits per heavy atom. The zero-order valence-electron chi connectivity index (χ0n) is 24.7. The van der Waals surface area contributed by atoms with E-state index in [1.165, 1.54) is 0 Å². The van der Waals surface area contributed by atoms with E-state index < -0.39 is 53.8 Å². The van der Waals surface area contributed by atoms with Crippen LogP contribution in [0.4, 0.5) is 9.59 Å². The first-order chi connectivity index (χ1) is 19.2. The van der Waals surface area contributed by atoms with Crippen LogP contribution >= 0.6 is 0 Å². The summed E-state index contributed by atoms with van der Waals surface area (Å²) in [5.41, 5.74) is 0.453. The molecule has 10 heteroatoms. The van der Waals surface area contributed by atoms with Gasteiger partial charge in [-0.05, 0) is 65.5 Å². The third-order valence-corrected chi connectivity index (χ3v) is 5.27. The third kappa shape index (κ3) is 15.3. The molecule has 0 aliphatic carbocycles. The zero-order valence-corrected chi connectivity index (χ0v) is 24.7. The number of amides is 2. The zero-order chi connectivity index (χ0) is 30.5. The van der Waals surface area contributed by atoms with E-state index in [1.54, 1.807) is 41.5 Å². The Balaban J connectivity index is 1.92. The SMILES string of the molecule is CC(C)(C)OC(=O)NC(COC(=O)CC(=O)OCC(Cc1ccccc1)NC(=O)OC(C)(C)C)Cc1ccccc1. The molecule has 2 unspecified atom stereocenters. The molecule has 2 atom stereocenters. The van der Waals surface area contributed by atoms with Crippen molar-refractivity contribution in [3.63, 3.8) is 0 Å². The minimum atomic E-state index is -0.807. The maximum atomic E-state index is 12.4. The number of hydrogen-bond acceptors (Lipinski definition) is 8. The highest BCUT2D eigenvalue weighted by molar-refractivity contribution is 5.91. The van der Waals surface area contributed by atoms with Crippen LogP contribution in [0.5, 0.6) is 0 Å². The molecule has 0 radical (unpaired) electrons. The van der Waals surface area contributed by atoms with Gasteiger partial charge in [-0.15, -0.1) is 0 Å². The first kappa shape index (κ1) is 33.1. The van der Waals surface area contributed by atoms with Gasteiger partial charge >= 0.3 is 24.1 Å². The quantitative estimate of drug-likeness (QED) is 0.213. The predicted octanol–water partition coefficient (Wildman–Crippen LogP) is 4.73.